The Bertz CT molecular complexity index is 3340. The molecule has 3 nitrogen and oxygen atoms in total. The first-order chi connectivity index (χ1) is 27.7. The highest BCUT2D eigenvalue weighted by molar-refractivity contribution is 6.26. The third kappa shape index (κ3) is 4.46. The van der Waals surface area contributed by atoms with Crippen molar-refractivity contribution in [2.75, 3.05) is 0 Å². The van der Waals surface area contributed by atoms with Crippen LogP contribution in [-0.4, -0.2) is 13.7 Å². The lowest BCUT2D eigenvalue weighted by Gasteiger charge is -2.23. The molecule has 2 aliphatic carbocycles. The number of fused-ring (bicyclic) bond motifs is 11. The summed E-state index contributed by atoms with van der Waals surface area (Å²) < 4.78 is 7.51. The van der Waals surface area contributed by atoms with Crippen LogP contribution in [0.2, 0.25) is 0 Å². The van der Waals surface area contributed by atoms with Gasteiger partial charge in [0.25, 0.3) is 0 Å². The molecule has 0 saturated carbocycles. The summed E-state index contributed by atoms with van der Waals surface area (Å²) in [5.41, 5.74) is 16.5. The second kappa shape index (κ2) is 12.1. The fourth-order valence-corrected chi connectivity index (χ4v) is 10.0. The van der Waals surface area contributed by atoms with E-state index >= 15 is 0 Å². The molecule has 3 heteroatoms. The molecule has 0 radical (unpaired) electrons. The number of rotatable bonds is 4. The maximum Gasteiger partial charge on any atom is 0.0641 e. The molecule has 1 atom stereocenters. The second-order valence-electron chi connectivity index (χ2n) is 15.6. The first kappa shape index (κ1) is 31.5. The Morgan fingerprint density at radius 3 is 1.98 bits per heavy atom. The molecule has 3 heterocycles. The van der Waals surface area contributed by atoms with Crippen molar-refractivity contribution in [2.24, 2.45) is 0 Å². The smallest absolute Gasteiger partial charge is 0.0641 e. The Morgan fingerprint density at radius 2 is 1.20 bits per heavy atom. The minimum Gasteiger partial charge on any atom is -0.313 e. The number of nitrogens with zero attached hydrogens (tertiary/aromatic N) is 3. The minimum atomic E-state index is 0.414. The van der Waals surface area contributed by atoms with Crippen LogP contribution >= 0.6 is 0 Å². The van der Waals surface area contributed by atoms with Crippen molar-refractivity contribution >= 4 is 77.2 Å². The van der Waals surface area contributed by atoms with E-state index in [1.54, 1.807) is 0 Å². The summed E-state index contributed by atoms with van der Waals surface area (Å²) in [5.74, 6) is 0.414. The van der Waals surface area contributed by atoms with Crippen molar-refractivity contribution in [2.45, 2.75) is 32.1 Å². The van der Waals surface area contributed by atoms with Crippen LogP contribution in [0.25, 0.3) is 99.7 Å². The Hall–Kier alpha value is -6.84. The van der Waals surface area contributed by atoms with Gasteiger partial charge in [-0.15, -0.1) is 0 Å². The first-order valence-corrected chi connectivity index (χ1v) is 20.0. The average Bonchev–Trinajstić information content (AvgIpc) is 3.89. The number of hydrogen-bond acceptors (Lipinski definition) is 0. The maximum absolute atomic E-state index is 2.59. The van der Waals surface area contributed by atoms with Gasteiger partial charge in [-0.1, -0.05) is 116 Å². The topological polar surface area (TPSA) is 14.8 Å². The highest BCUT2D eigenvalue weighted by atomic mass is 15.0. The Labute approximate surface area is 325 Å². The van der Waals surface area contributed by atoms with Gasteiger partial charge in [0, 0.05) is 43.7 Å². The number of para-hydroxylation sites is 3. The zero-order valence-electron chi connectivity index (χ0n) is 31.3. The minimum absolute atomic E-state index is 0.414. The van der Waals surface area contributed by atoms with Crippen LogP contribution < -0.4 is 0 Å². The van der Waals surface area contributed by atoms with E-state index < -0.39 is 0 Å². The SMILES string of the molecule is CC1CC=Cc2cccc(-n3c4ccc(-c5ccc6c(c5)c5ccccc5n6C5=CC=CCC5)cc4c4ccc5c(c6ccccc6n5-c5ccccc5)c43)c21. The zero-order valence-corrected chi connectivity index (χ0v) is 31.3. The molecule has 0 saturated heterocycles. The molecule has 0 aliphatic heterocycles. The van der Waals surface area contributed by atoms with Crippen molar-refractivity contribution in [1.82, 2.24) is 13.7 Å². The molecule has 266 valence electrons. The molecule has 0 spiro atoms. The monoisotopic (exact) mass is 717 g/mol. The quantitative estimate of drug-likeness (QED) is 0.172. The van der Waals surface area contributed by atoms with E-state index in [4.69, 9.17) is 0 Å². The van der Waals surface area contributed by atoms with Crippen molar-refractivity contribution in [3.8, 4) is 22.5 Å². The van der Waals surface area contributed by atoms with Crippen LogP contribution in [0.5, 0.6) is 0 Å². The first-order valence-electron chi connectivity index (χ1n) is 20.0. The van der Waals surface area contributed by atoms with Gasteiger partial charge in [0.05, 0.1) is 38.8 Å². The second-order valence-corrected chi connectivity index (χ2v) is 15.6. The van der Waals surface area contributed by atoms with E-state index in [0.29, 0.717) is 5.92 Å². The number of allylic oxidation sites excluding steroid dienone is 5. The summed E-state index contributed by atoms with van der Waals surface area (Å²) in [6.45, 7) is 2.38. The van der Waals surface area contributed by atoms with E-state index in [-0.39, 0.29) is 0 Å². The zero-order chi connectivity index (χ0) is 36.9. The maximum atomic E-state index is 2.59. The Balaban J connectivity index is 1.16. The van der Waals surface area contributed by atoms with E-state index in [1.807, 2.05) is 0 Å². The van der Waals surface area contributed by atoms with Gasteiger partial charge < -0.3 is 13.7 Å². The molecule has 0 fully saturated rings. The number of aromatic nitrogens is 3. The van der Waals surface area contributed by atoms with Gasteiger partial charge in [-0.25, -0.2) is 0 Å². The fourth-order valence-electron chi connectivity index (χ4n) is 10.0. The van der Waals surface area contributed by atoms with Crippen LogP contribution in [0, 0.1) is 0 Å². The Morgan fingerprint density at radius 1 is 0.518 bits per heavy atom. The molecule has 3 aromatic heterocycles. The Kier molecular flexibility index (Phi) is 6.80. The van der Waals surface area contributed by atoms with Gasteiger partial charge in [-0.05, 0) is 114 Å². The lowest BCUT2D eigenvalue weighted by Crippen LogP contribution is -2.07. The van der Waals surface area contributed by atoms with Gasteiger partial charge in [0.15, 0.2) is 0 Å². The van der Waals surface area contributed by atoms with Crippen LogP contribution in [0.1, 0.15) is 43.2 Å². The molecule has 7 aromatic carbocycles. The van der Waals surface area contributed by atoms with Crippen molar-refractivity contribution in [3.63, 3.8) is 0 Å². The summed E-state index contributed by atoms with van der Waals surface area (Å²) in [6.07, 6.45) is 14.6. The molecule has 0 bridgehead atoms. The molecular formula is C53H39N3. The van der Waals surface area contributed by atoms with E-state index in [9.17, 15) is 0 Å². The summed E-state index contributed by atoms with van der Waals surface area (Å²) in [6, 6.07) is 54.5. The highest BCUT2D eigenvalue weighted by Crippen LogP contribution is 2.45. The van der Waals surface area contributed by atoms with Crippen LogP contribution in [0.15, 0.2) is 170 Å². The summed E-state index contributed by atoms with van der Waals surface area (Å²) >= 11 is 0. The third-order valence-electron chi connectivity index (χ3n) is 12.5. The fraction of sp³-hybridized carbons (Fsp3) is 0.0943. The molecule has 56 heavy (non-hydrogen) atoms. The van der Waals surface area contributed by atoms with Crippen molar-refractivity contribution in [3.05, 3.63) is 181 Å². The molecule has 2 aliphatic rings. The predicted octanol–water partition coefficient (Wildman–Crippen LogP) is 14.4. The number of hydrogen-bond donors (Lipinski definition) is 0. The number of benzene rings is 7. The largest absolute Gasteiger partial charge is 0.313 e. The standard InChI is InChI=1S/C53H39N3/c1-34-14-12-15-35-16-13-25-49(51(34)35)56-48-30-27-37(36-26-29-47-43(32-36)40-21-8-10-23-45(40)54(47)38-17-4-2-5-18-38)33-44(48)41-28-31-50-52(53(41)56)42-22-9-11-24-46(42)55(50)39-19-6-3-7-20-39/h2-4,6-13,15-17,19-34H,5,14,18H2,1H3. The third-order valence-corrected chi connectivity index (χ3v) is 12.5. The van der Waals surface area contributed by atoms with E-state index in [0.717, 1.165) is 19.3 Å². The average molecular weight is 718 g/mol. The van der Waals surface area contributed by atoms with E-state index in [1.165, 1.54) is 105 Å². The van der Waals surface area contributed by atoms with Gasteiger partial charge in [0.2, 0.25) is 0 Å². The molecular weight excluding hydrogens is 679 g/mol. The molecule has 1 unspecified atom stereocenters. The molecule has 0 N–H and O–H groups in total. The normalized spacial score (nSPS) is 15.5. The lowest BCUT2D eigenvalue weighted by molar-refractivity contribution is 0.765. The van der Waals surface area contributed by atoms with Gasteiger partial charge >= 0.3 is 0 Å². The lowest BCUT2D eigenvalue weighted by atomic mass is 9.87. The summed E-state index contributed by atoms with van der Waals surface area (Å²) in [7, 11) is 0. The molecule has 10 aromatic rings. The van der Waals surface area contributed by atoms with E-state index in [2.05, 4.69) is 197 Å². The summed E-state index contributed by atoms with van der Waals surface area (Å²) in [5, 5.41) is 7.70. The van der Waals surface area contributed by atoms with Gasteiger partial charge in [-0.2, -0.15) is 0 Å². The molecule has 0 amide bonds. The molecule has 12 rings (SSSR count). The van der Waals surface area contributed by atoms with Gasteiger partial charge in [-0.3, -0.25) is 0 Å². The van der Waals surface area contributed by atoms with Crippen LogP contribution in [0.4, 0.5) is 0 Å². The van der Waals surface area contributed by atoms with Crippen molar-refractivity contribution < 1.29 is 0 Å². The van der Waals surface area contributed by atoms with Gasteiger partial charge in [0.1, 0.15) is 0 Å². The highest BCUT2D eigenvalue weighted by Gasteiger charge is 2.25. The van der Waals surface area contributed by atoms with Crippen LogP contribution in [0.3, 0.4) is 0 Å². The van der Waals surface area contributed by atoms with Crippen molar-refractivity contribution in [1.29, 1.82) is 0 Å². The van der Waals surface area contributed by atoms with Crippen LogP contribution in [-0.2, 0) is 0 Å². The summed E-state index contributed by atoms with van der Waals surface area (Å²) in [4.78, 5) is 0. The predicted molar refractivity (Wildman–Crippen MR) is 238 cm³/mol.